The first-order chi connectivity index (χ1) is 18.6. The number of benzene rings is 4. The largest absolute Gasteiger partial charge is 1.00 e. The fourth-order valence-corrected chi connectivity index (χ4v) is 5.95. The van der Waals surface area contributed by atoms with Gasteiger partial charge < -0.3 is 33.5 Å². The van der Waals surface area contributed by atoms with E-state index in [9.17, 15) is 67.2 Å². The van der Waals surface area contributed by atoms with Gasteiger partial charge in [0.05, 0.1) is 36.0 Å². The van der Waals surface area contributed by atoms with Crippen molar-refractivity contribution in [3.8, 4) is 17.2 Å². The third-order valence-electron chi connectivity index (χ3n) is 5.45. The molecule has 3 N–H and O–H groups in total. The first-order valence-electron chi connectivity index (χ1n) is 10.2. The van der Waals surface area contributed by atoms with Gasteiger partial charge in [-0.05, 0) is 53.2 Å². The molecular formula is C20H10N2Na4O15S4. The normalized spacial score (nSPS) is 12.2. The second-order valence-corrected chi connectivity index (χ2v) is 13.6. The van der Waals surface area contributed by atoms with E-state index < -0.39 is 110 Å². The van der Waals surface area contributed by atoms with E-state index >= 15 is 0 Å². The van der Waals surface area contributed by atoms with Crippen molar-refractivity contribution < 1.29 is 185 Å². The number of hydrogen-bond acceptors (Lipinski definition) is 17. The average molecular weight is 739 g/mol. The Bertz CT molecular complexity index is 2290. The van der Waals surface area contributed by atoms with Crippen LogP contribution in [0.2, 0.25) is 0 Å². The Balaban J connectivity index is 0.00000484. The molecule has 0 radical (unpaired) electrons. The Kier molecular flexibility index (Phi) is 15.7. The summed E-state index contributed by atoms with van der Waals surface area (Å²) < 4.78 is 139. The van der Waals surface area contributed by atoms with E-state index in [0.717, 1.165) is 0 Å². The first-order valence-corrected chi connectivity index (χ1v) is 15.8. The molecule has 0 bridgehead atoms. The van der Waals surface area contributed by atoms with Crippen molar-refractivity contribution in [1.82, 2.24) is 0 Å². The molecule has 0 heterocycles. The van der Waals surface area contributed by atoms with E-state index in [2.05, 4.69) is 10.2 Å². The van der Waals surface area contributed by atoms with Gasteiger partial charge in [0.2, 0.25) is 0 Å². The fourth-order valence-electron chi connectivity index (χ4n) is 3.76. The molecule has 0 aromatic heterocycles. The molecule has 0 unspecified atom stereocenters. The summed E-state index contributed by atoms with van der Waals surface area (Å²) in [6, 6.07) is 3.56. The number of hydrogen-bond donors (Lipinski definition) is 3. The molecule has 4 aromatic carbocycles. The number of phenolic OH excluding ortho intramolecular Hbond substituents is 3. The van der Waals surface area contributed by atoms with Crippen LogP contribution >= 0.6 is 0 Å². The minimum absolute atomic E-state index is 0. The topological polar surface area (TPSA) is 314 Å². The van der Waals surface area contributed by atoms with E-state index in [1.54, 1.807) is 0 Å². The predicted molar refractivity (Wildman–Crippen MR) is 129 cm³/mol. The van der Waals surface area contributed by atoms with Gasteiger partial charge in [0.1, 0.15) is 57.7 Å². The van der Waals surface area contributed by atoms with Gasteiger partial charge >= 0.3 is 118 Å². The third kappa shape index (κ3) is 9.82. The summed E-state index contributed by atoms with van der Waals surface area (Å²) >= 11 is 0. The van der Waals surface area contributed by atoms with Gasteiger partial charge in [0.15, 0.2) is 5.75 Å². The maximum absolute atomic E-state index is 11.7. The molecule has 0 atom stereocenters. The molecule has 0 spiro atoms. The molecule has 0 amide bonds. The minimum Gasteiger partial charge on any atom is -0.744 e. The van der Waals surface area contributed by atoms with E-state index in [1.807, 2.05) is 0 Å². The van der Waals surface area contributed by atoms with Crippen LogP contribution in [0, 0.1) is 0 Å². The summed E-state index contributed by atoms with van der Waals surface area (Å²) in [6.07, 6.45) is 0. The van der Waals surface area contributed by atoms with Gasteiger partial charge in [-0.15, -0.1) is 10.2 Å². The predicted octanol–water partition coefficient (Wildman–Crippen LogP) is -10.8. The van der Waals surface area contributed by atoms with Crippen LogP contribution in [-0.2, 0) is 40.5 Å². The quantitative estimate of drug-likeness (QED) is 0.0940. The van der Waals surface area contributed by atoms with Crippen molar-refractivity contribution in [3.63, 3.8) is 0 Å². The van der Waals surface area contributed by atoms with Crippen LogP contribution in [0.5, 0.6) is 17.2 Å². The zero-order chi connectivity index (χ0) is 30.9. The van der Waals surface area contributed by atoms with Gasteiger partial charge in [-0.3, -0.25) is 0 Å². The molecule has 0 aliphatic heterocycles. The number of fused-ring (bicyclic) bond motifs is 2. The molecular weight excluding hydrogens is 728 g/mol. The molecule has 0 saturated carbocycles. The smallest absolute Gasteiger partial charge is 0.744 e. The summed E-state index contributed by atoms with van der Waals surface area (Å²) in [7, 11) is -21.3. The van der Waals surface area contributed by atoms with Crippen LogP contribution < -0.4 is 118 Å². The molecule has 25 heteroatoms. The SMILES string of the molecule is O=S(=O)([O-])c1cc(O)c2c(N=Nc3c(O)c(S(=O)(=O)[O-])cc4cc(S(=O)(=O)[O-])cc(O)c34)cc(S(=O)(=O)[O-])cc2c1.[Na+].[Na+].[Na+].[Na+]. The van der Waals surface area contributed by atoms with Gasteiger partial charge in [0, 0.05) is 0 Å². The molecule has 45 heavy (non-hydrogen) atoms. The van der Waals surface area contributed by atoms with Crippen molar-refractivity contribution in [1.29, 1.82) is 0 Å². The van der Waals surface area contributed by atoms with Crippen LogP contribution in [0.3, 0.4) is 0 Å². The molecule has 0 fully saturated rings. The zero-order valence-corrected chi connectivity index (χ0v) is 34.6. The van der Waals surface area contributed by atoms with E-state index in [0.29, 0.717) is 42.5 Å². The average Bonchev–Trinajstić information content (AvgIpc) is 2.80. The van der Waals surface area contributed by atoms with Gasteiger partial charge in [-0.25, -0.2) is 33.7 Å². The second kappa shape index (κ2) is 15.7. The van der Waals surface area contributed by atoms with Crippen LogP contribution in [0.25, 0.3) is 21.5 Å². The van der Waals surface area contributed by atoms with Crippen LogP contribution in [-0.4, -0.2) is 67.2 Å². The van der Waals surface area contributed by atoms with Crippen LogP contribution in [0.15, 0.2) is 72.3 Å². The van der Waals surface area contributed by atoms with E-state index in [1.165, 1.54) is 0 Å². The monoisotopic (exact) mass is 738 g/mol. The zero-order valence-electron chi connectivity index (χ0n) is 23.3. The second-order valence-electron chi connectivity index (χ2n) is 8.11. The standard InChI is InChI=1S/C20H14N2O15S4.4Na/c23-14-6-11(39(29,30)31)2-8-1-10(38(26,27)28)5-13(17(8)14)21-22-19-18-9(4-16(20(19)25)41(35,36)37)3-12(7-15(18)24)40(32,33)34;;;;/h1-7,23-25H,(H,26,27,28)(H,29,30,31)(H,32,33,34)(H,35,36,37);;;;/q;4*+1/p-4. The Morgan fingerprint density at radius 2 is 0.867 bits per heavy atom. The van der Waals surface area contributed by atoms with Crippen LogP contribution in [0.4, 0.5) is 11.4 Å². The number of aromatic hydroxyl groups is 3. The van der Waals surface area contributed by atoms with E-state index in [-0.39, 0.29) is 118 Å². The summed E-state index contributed by atoms with van der Waals surface area (Å²) in [4.78, 5) is -4.58. The number of rotatable bonds is 6. The van der Waals surface area contributed by atoms with Crippen molar-refractivity contribution >= 4 is 73.4 Å². The molecule has 4 rings (SSSR count). The minimum atomic E-state index is -5.54. The number of azo groups is 1. The van der Waals surface area contributed by atoms with Crippen LogP contribution in [0.1, 0.15) is 0 Å². The first kappa shape index (κ1) is 45.0. The Labute approximate surface area is 343 Å². The molecule has 0 aliphatic carbocycles. The number of nitrogens with zero attached hydrogens (tertiary/aromatic N) is 2. The molecule has 218 valence electrons. The maximum atomic E-state index is 11.7. The van der Waals surface area contributed by atoms with Gasteiger partial charge in [-0.1, -0.05) is 0 Å². The van der Waals surface area contributed by atoms with Crippen molar-refractivity contribution in [2.24, 2.45) is 10.2 Å². The molecule has 0 aliphatic rings. The summed E-state index contributed by atoms with van der Waals surface area (Å²) in [5.41, 5.74) is -1.78. The van der Waals surface area contributed by atoms with Gasteiger partial charge in [-0.2, -0.15) is 0 Å². The summed E-state index contributed by atoms with van der Waals surface area (Å²) in [5.74, 6) is -3.51. The molecule has 0 saturated heterocycles. The fraction of sp³-hybridized carbons (Fsp3) is 0. The molecule has 4 aromatic rings. The van der Waals surface area contributed by atoms with Crippen molar-refractivity contribution in [2.75, 3.05) is 0 Å². The summed E-state index contributed by atoms with van der Waals surface area (Å²) in [5, 5.41) is 36.1. The Morgan fingerprint density at radius 1 is 0.489 bits per heavy atom. The Hall–Kier alpha value is 0.0400. The van der Waals surface area contributed by atoms with Crippen molar-refractivity contribution in [3.05, 3.63) is 42.5 Å². The van der Waals surface area contributed by atoms with Crippen molar-refractivity contribution in [2.45, 2.75) is 19.6 Å². The summed E-state index contributed by atoms with van der Waals surface area (Å²) in [6.45, 7) is 0. The Morgan fingerprint density at radius 3 is 1.27 bits per heavy atom. The maximum Gasteiger partial charge on any atom is 1.00 e. The van der Waals surface area contributed by atoms with Gasteiger partial charge in [0.25, 0.3) is 0 Å². The van der Waals surface area contributed by atoms with E-state index in [4.69, 9.17) is 0 Å². The molecule has 17 nitrogen and oxygen atoms in total. The number of phenols is 3. The third-order valence-corrected chi connectivity index (χ3v) is 8.74.